The number of amides is 1. The summed E-state index contributed by atoms with van der Waals surface area (Å²) in [5.41, 5.74) is -0.234. The van der Waals surface area contributed by atoms with Crippen molar-refractivity contribution in [2.75, 3.05) is 5.32 Å². The smallest absolute Gasteiger partial charge is 0.339 e. The van der Waals surface area contributed by atoms with Gasteiger partial charge in [-0.1, -0.05) is 0 Å². The van der Waals surface area contributed by atoms with Gasteiger partial charge in [0.2, 0.25) is 5.91 Å². The number of pyridine rings is 1. The van der Waals surface area contributed by atoms with Crippen molar-refractivity contribution in [3.8, 4) is 0 Å². The van der Waals surface area contributed by atoms with Gasteiger partial charge in [-0.3, -0.25) is 4.79 Å². The Morgan fingerprint density at radius 2 is 1.73 bits per heavy atom. The van der Waals surface area contributed by atoms with Crippen LogP contribution in [-0.2, 0) is 4.79 Å². The summed E-state index contributed by atoms with van der Waals surface area (Å²) in [6.07, 6.45) is 8.21. The van der Waals surface area contributed by atoms with Crippen LogP contribution >= 0.6 is 0 Å². The fourth-order valence-corrected chi connectivity index (χ4v) is 5.31. The summed E-state index contributed by atoms with van der Waals surface area (Å²) in [4.78, 5) is 28.2. The normalized spacial score (nSPS) is 35.4. The number of carbonyl (C=O) groups is 2. The van der Waals surface area contributed by atoms with Crippen molar-refractivity contribution in [3.63, 3.8) is 0 Å². The van der Waals surface area contributed by atoms with Gasteiger partial charge in [-0.05, 0) is 68.4 Å². The summed E-state index contributed by atoms with van der Waals surface area (Å²) in [6, 6.07) is 3.05. The second-order valence-corrected chi connectivity index (χ2v) is 7.36. The maximum absolute atomic E-state index is 12.9. The number of aromatic nitrogens is 1. The number of nitrogens with one attached hydrogen (secondary N) is 1. The molecule has 4 aliphatic carbocycles. The van der Waals surface area contributed by atoms with E-state index in [1.807, 2.05) is 0 Å². The van der Waals surface area contributed by atoms with Gasteiger partial charge in [-0.15, -0.1) is 0 Å². The number of aromatic carboxylic acids is 1. The van der Waals surface area contributed by atoms with Crippen LogP contribution < -0.4 is 5.32 Å². The molecule has 5 rings (SSSR count). The number of carboxylic acids is 1. The second kappa shape index (κ2) is 4.80. The van der Waals surface area contributed by atoms with E-state index in [0.29, 0.717) is 17.8 Å². The molecule has 1 heterocycles. The maximum atomic E-state index is 12.9. The molecule has 116 valence electrons. The Kier molecular flexibility index (Phi) is 2.99. The lowest BCUT2D eigenvalue weighted by atomic mass is 9.49. The Morgan fingerprint density at radius 1 is 1.14 bits per heavy atom. The highest BCUT2D eigenvalue weighted by Crippen LogP contribution is 2.60. The van der Waals surface area contributed by atoms with Crippen molar-refractivity contribution >= 4 is 17.7 Å². The standard InChI is InChI=1S/C17H20N2O3/c20-15(21)13-2-1-3-18-14(13)19-16(22)17-7-10-4-11(8-17)6-12(5-10)9-17/h1-3,10-12H,4-9H2,(H,20,21)(H,18,19,22). The largest absolute Gasteiger partial charge is 0.478 e. The molecule has 0 atom stereocenters. The minimum absolute atomic E-state index is 0.0206. The van der Waals surface area contributed by atoms with Gasteiger partial charge in [0.25, 0.3) is 0 Å². The fourth-order valence-electron chi connectivity index (χ4n) is 5.31. The molecule has 2 N–H and O–H groups in total. The van der Waals surface area contributed by atoms with Gasteiger partial charge in [0.05, 0.1) is 5.41 Å². The van der Waals surface area contributed by atoms with Crippen LogP contribution in [0.5, 0.6) is 0 Å². The van der Waals surface area contributed by atoms with E-state index in [4.69, 9.17) is 0 Å². The van der Waals surface area contributed by atoms with E-state index in [0.717, 1.165) is 19.3 Å². The third-order valence-corrected chi connectivity index (χ3v) is 5.79. The molecular weight excluding hydrogens is 280 g/mol. The highest BCUT2D eigenvalue weighted by molar-refractivity contribution is 6.01. The van der Waals surface area contributed by atoms with E-state index < -0.39 is 5.97 Å². The predicted octanol–water partition coefficient (Wildman–Crippen LogP) is 2.93. The molecule has 0 spiro atoms. The Bertz CT molecular complexity index is 605. The number of nitrogens with zero attached hydrogens (tertiary/aromatic N) is 1. The van der Waals surface area contributed by atoms with Gasteiger partial charge >= 0.3 is 5.97 Å². The highest BCUT2D eigenvalue weighted by Gasteiger charge is 2.54. The number of hydrogen-bond acceptors (Lipinski definition) is 3. The van der Waals surface area contributed by atoms with Crippen molar-refractivity contribution in [1.29, 1.82) is 0 Å². The van der Waals surface area contributed by atoms with Crippen LogP contribution in [-0.4, -0.2) is 22.0 Å². The summed E-state index contributed by atoms with van der Waals surface area (Å²) in [7, 11) is 0. The third kappa shape index (κ3) is 2.11. The zero-order valence-electron chi connectivity index (χ0n) is 12.4. The van der Waals surface area contributed by atoms with Crippen molar-refractivity contribution in [1.82, 2.24) is 4.98 Å². The Hall–Kier alpha value is -1.91. The minimum atomic E-state index is -1.06. The summed E-state index contributed by atoms with van der Waals surface area (Å²) in [5.74, 6) is 1.14. The molecular formula is C17H20N2O3. The number of anilines is 1. The molecule has 4 aliphatic rings. The Morgan fingerprint density at radius 3 is 2.27 bits per heavy atom. The van der Waals surface area contributed by atoms with Gasteiger partial charge in [0.1, 0.15) is 11.4 Å². The van der Waals surface area contributed by atoms with Gasteiger partial charge in [-0.2, -0.15) is 0 Å². The Labute approximate surface area is 129 Å². The van der Waals surface area contributed by atoms with Crippen LogP contribution in [0.15, 0.2) is 18.3 Å². The summed E-state index contributed by atoms with van der Waals surface area (Å²) < 4.78 is 0. The number of carbonyl (C=O) groups excluding carboxylic acids is 1. The zero-order valence-corrected chi connectivity index (χ0v) is 12.4. The second-order valence-electron chi connectivity index (χ2n) is 7.36. The van der Waals surface area contributed by atoms with E-state index in [2.05, 4.69) is 10.3 Å². The lowest BCUT2D eigenvalue weighted by Crippen LogP contribution is -2.51. The number of carboxylic acid groups (broad SMARTS) is 1. The third-order valence-electron chi connectivity index (χ3n) is 5.79. The lowest BCUT2D eigenvalue weighted by molar-refractivity contribution is -0.140. The Balaban J connectivity index is 1.59. The summed E-state index contributed by atoms with van der Waals surface area (Å²) in [6.45, 7) is 0. The molecule has 1 aromatic rings. The molecule has 22 heavy (non-hydrogen) atoms. The minimum Gasteiger partial charge on any atom is -0.478 e. The maximum Gasteiger partial charge on any atom is 0.339 e. The van der Waals surface area contributed by atoms with Crippen LogP contribution in [0.1, 0.15) is 48.9 Å². The molecule has 4 fully saturated rings. The highest BCUT2D eigenvalue weighted by atomic mass is 16.4. The van der Waals surface area contributed by atoms with Crippen molar-refractivity contribution in [3.05, 3.63) is 23.9 Å². The van der Waals surface area contributed by atoms with E-state index >= 15 is 0 Å². The first-order valence-electron chi connectivity index (χ1n) is 8.05. The van der Waals surface area contributed by atoms with E-state index in [9.17, 15) is 14.7 Å². The van der Waals surface area contributed by atoms with Gasteiger partial charge in [-0.25, -0.2) is 9.78 Å². The van der Waals surface area contributed by atoms with Crippen LogP contribution in [0.4, 0.5) is 5.82 Å². The predicted molar refractivity (Wildman–Crippen MR) is 80.4 cm³/mol. The van der Waals surface area contributed by atoms with Crippen LogP contribution in [0.25, 0.3) is 0 Å². The summed E-state index contributed by atoms with van der Waals surface area (Å²) >= 11 is 0. The lowest BCUT2D eigenvalue weighted by Gasteiger charge is -2.55. The molecule has 5 heteroatoms. The SMILES string of the molecule is O=C(O)c1cccnc1NC(=O)C12CC3CC(CC(C3)C1)C2. The fraction of sp³-hybridized carbons (Fsp3) is 0.588. The van der Waals surface area contributed by atoms with E-state index in [1.54, 1.807) is 6.07 Å². The van der Waals surface area contributed by atoms with Crippen molar-refractivity contribution < 1.29 is 14.7 Å². The molecule has 1 aromatic heterocycles. The molecule has 4 saturated carbocycles. The topological polar surface area (TPSA) is 79.3 Å². The first-order chi connectivity index (χ1) is 10.6. The molecule has 5 nitrogen and oxygen atoms in total. The van der Waals surface area contributed by atoms with Gasteiger partial charge in [0, 0.05) is 6.20 Å². The summed E-state index contributed by atoms with van der Waals surface area (Å²) in [5, 5.41) is 12.0. The molecule has 0 aliphatic heterocycles. The van der Waals surface area contributed by atoms with E-state index in [1.165, 1.54) is 31.5 Å². The van der Waals surface area contributed by atoms with Crippen LogP contribution in [0, 0.1) is 23.2 Å². The van der Waals surface area contributed by atoms with Gasteiger partial charge in [0.15, 0.2) is 0 Å². The first kappa shape index (κ1) is 13.7. The van der Waals surface area contributed by atoms with Crippen LogP contribution in [0.2, 0.25) is 0 Å². The van der Waals surface area contributed by atoms with Crippen molar-refractivity contribution in [2.45, 2.75) is 38.5 Å². The average molecular weight is 300 g/mol. The quantitative estimate of drug-likeness (QED) is 0.899. The average Bonchev–Trinajstić information content (AvgIpc) is 2.46. The van der Waals surface area contributed by atoms with Crippen LogP contribution in [0.3, 0.4) is 0 Å². The first-order valence-corrected chi connectivity index (χ1v) is 8.05. The number of rotatable bonds is 3. The van der Waals surface area contributed by atoms with Crippen molar-refractivity contribution in [2.24, 2.45) is 23.2 Å². The van der Waals surface area contributed by atoms with E-state index in [-0.39, 0.29) is 22.7 Å². The monoisotopic (exact) mass is 300 g/mol. The molecule has 1 amide bonds. The molecule has 0 unspecified atom stereocenters. The zero-order chi connectivity index (χ0) is 15.3. The molecule has 0 radical (unpaired) electrons. The molecule has 4 bridgehead atoms. The molecule has 0 saturated heterocycles. The number of hydrogen-bond donors (Lipinski definition) is 2. The van der Waals surface area contributed by atoms with Gasteiger partial charge < -0.3 is 10.4 Å². The molecule has 0 aromatic carbocycles.